The predicted octanol–water partition coefficient (Wildman–Crippen LogP) is 1.71. The third-order valence-electron chi connectivity index (χ3n) is 1.74. The molecule has 0 aliphatic carbocycles. The lowest BCUT2D eigenvalue weighted by Gasteiger charge is -2.17. The first-order valence-electron chi connectivity index (χ1n) is 4.35. The molecule has 13 heavy (non-hydrogen) atoms. The minimum atomic E-state index is -0.836. The van der Waals surface area contributed by atoms with Crippen LogP contribution in [0.2, 0.25) is 0 Å². The van der Waals surface area contributed by atoms with E-state index in [9.17, 15) is 5.11 Å². The van der Waals surface area contributed by atoms with Crippen molar-refractivity contribution in [3.63, 3.8) is 0 Å². The number of rotatable bonds is 3. The second-order valence-electron chi connectivity index (χ2n) is 3.38. The summed E-state index contributed by atoms with van der Waals surface area (Å²) in [5, 5.41) is 9.63. The molecule has 0 bridgehead atoms. The number of pyridine rings is 1. The zero-order chi connectivity index (χ0) is 9.90. The van der Waals surface area contributed by atoms with Gasteiger partial charge >= 0.3 is 0 Å². The van der Waals surface area contributed by atoms with Crippen LogP contribution in [0, 0.1) is 0 Å². The largest absolute Gasteiger partial charge is 0.478 e. The lowest BCUT2D eigenvalue weighted by Crippen LogP contribution is -2.15. The first kappa shape index (κ1) is 9.99. The van der Waals surface area contributed by atoms with Crippen LogP contribution in [-0.2, 0) is 5.60 Å². The molecule has 0 aliphatic heterocycles. The smallest absolute Gasteiger partial charge is 0.213 e. The molecule has 0 saturated heterocycles. The van der Waals surface area contributed by atoms with Gasteiger partial charge in [0.05, 0.1) is 12.2 Å². The SMILES string of the molecule is CCOc1ccc(C(C)(C)O)cn1. The van der Waals surface area contributed by atoms with Crippen molar-refractivity contribution in [2.45, 2.75) is 26.4 Å². The van der Waals surface area contributed by atoms with Crippen LogP contribution in [0.15, 0.2) is 18.3 Å². The molecule has 0 fully saturated rings. The molecule has 0 saturated carbocycles. The lowest BCUT2D eigenvalue weighted by molar-refractivity contribution is 0.0781. The quantitative estimate of drug-likeness (QED) is 0.771. The first-order valence-corrected chi connectivity index (χ1v) is 4.35. The average molecular weight is 181 g/mol. The summed E-state index contributed by atoms with van der Waals surface area (Å²) in [5.74, 6) is 0.593. The van der Waals surface area contributed by atoms with Crippen molar-refractivity contribution >= 4 is 0 Å². The van der Waals surface area contributed by atoms with Crippen LogP contribution in [0.25, 0.3) is 0 Å². The van der Waals surface area contributed by atoms with E-state index in [0.29, 0.717) is 12.5 Å². The Morgan fingerprint density at radius 1 is 1.46 bits per heavy atom. The Morgan fingerprint density at radius 2 is 2.15 bits per heavy atom. The molecule has 1 heterocycles. The summed E-state index contributed by atoms with van der Waals surface area (Å²) in [5.41, 5.74) is -0.0477. The number of aliphatic hydroxyl groups is 1. The fraction of sp³-hybridized carbons (Fsp3) is 0.500. The zero-order valence-corrected chi connectivity index (χ0v) is 8.24. The fourth-order valence-electron chi connectivity index (χ4n) is 0.975. The van der Waals surface area contributed by atoms with Gasteiger partial charge in [0.15, 0.2) is 0 Å². The van der Waals surface area contributed by atoms with Crippen molar-refractivity contribution < 1.29 is 9.84 Å². The van der Waals surface area contributed by atoms with Crippen LogP contribution in [0.5, 0.6) is 5.88 Å². The molecule has 3 nitrogen and oxygen atoms in total. The van der Waals surface area contributed by atoms with E-state index in [1.807, 2.05) is 13.0 Å². The summed E-state index contributed by atoms with van der Waals surface area (Å²) >= 11 is 0. The molecule has 1 aromatic heterocycles. The first-order chi connectivity index (χ1) is 6.04. The van der Waals surface area contributed by atoms with Gasteiger partial charge in [0.2, 0.25) is 5.88 Å². The molecule has 3 heteroatoms. The number of nitrogens with zero attached hydrogens (tertiary/aromatic N) is 1. The molecule has 0 atom stereocenters. The molecule has 72 valence electrons. The van der Waals surface area contributed by atoms with Crippen molar-refractivity contribution in [3.8, 4) is 5.88 Å². The molecule has 1 N–H and O–H groups in total. The van der Waals surface area contributed by atoms with Gasteiger partial charge in [-0.05, 0) is 26.8 Å². The third kappa shape index (κ3) is 2.70. The van der Waals surface area contributed by atoms with E-state index in [-0.39, 0.29) is 0 Å². The maximum atomic E-state index is 9.63. The topological polar surface area (TPSA) is 42.4 Å². The molecule has 0 aliphatic rings. The highest BCUT2D eigenvalue weighted by Crippen LogP contribution is 2.19. The minimum absolute atomic E-state index is 0.593. The number of ether oxygens (including phenoxy) is 1. The normalized spacial score (nSPS) is 11.4. The van der Waals surface area contributed by atoms with E-state index in [0.717, 1.165) is 5.56 Å². The van der Waals surface area contributed by atoms with Gasteiger partial charge in [-0.1, -0.05) is 0 Å². The van der Waals surface area contributed by atoms with Crippen molar-refractivity contribution in [3.05, 3.63) is 23.9 Å². The van der Waals surface area contributed by atoms with Gasteiger partial charge in [-0.2, -0.15) is 0 Å². The summed E-state index contributed by atoms with van der Waals surface area (Å²) in [6.07, 6.45) is 1.63. The van der Waals surface area contributed by atoms with Crippen LogP contribution < -0.4 is 4.74 Å². The summed E-state index contributed by atoms with van der Waals surface area (Å²) in [7, 11) is 0. The summed E-state index contributed by atoms with van der Waals surface area (Å²) < 4.78 is 5.18. The van der Waals surface area contributed by atoms with E-state index >= 15 is 0 Å². The Hall–Kier alpha value is -1.09. The average Bonchev–Trinajstić information content (AvgIpc) is 2.04. The summed E-state index contributed by atoms with van der Waals surface area (Å²) in [6.45, 7) is 5.97. The second kappa shape index (κ2) is 3.75. The number of hydrogen-bond acceptors (Lipinski definition) is 3. The summed E-state index contributed by atoms with van der Waals surface area (Å²) in [6, 6.07) is 3.58. The van der Waals surface area contributed by atoms with Crippen molar-refractivity contribution in [2.24, 2.45) is 0 Å². The molecular weight excluding hydrogens is 166 g/mol. The maximum absolute atomic E-state index is 9.63. The van der Waals surface area contributed by atoms with E-state index in [1.54, 1.807) is 26.1 Å². The van der Waals surface area contributed by atoms with Crippen molar-refractivity contribution in [1.29, 1.82) is 0 Å². The highest BCUT2D eigenvalue weighted by Gasteiger charge is 2.15. The molecule has 1 aromatic rings. The number of aromatic nitrogens is 1. The van der Waals surface area contributed by atoms with E-state index < -0.39 is 5.60 Å². The van der Waals surface area contributed by atoms with Gasteiger partial charge in [-0.25, -0.2) is 4.98 Å². The van der Waals surface area contributed by atoms with Crippen LogP contribution in [0.4, 0.5) is 0 Å². The van der Waals surface area contributed by atoms with Crippen molar-refractivity contribution in [2.75, 3.05) is 6.61 Å². The third-order valence-corrected chi connectivity index (χ3v) is 1.74. The Morgan fingerprint density at radius 3 is 2.54 bits per heavy atom. The van der Waals surface area contributed by atoms with Crippen LogP contribution in [0.3, 0.4) is 0 Å². The second-order valence-corrected chi connectivity index (χ2v) is 3.38. The summed E-state index contributed by atoms with van der Waals surface area (Å²) in [4.78, 5) is 4.05. The molecule has 0 aromatic carbocycles. The number of hydrogen-bond donors (Lipinski definition) is 1. The Labute approximate surface area is 78.4 Å². The Kier molecular flexibility index (Phi) is 2.88. The molecule has 0 radical (unpaired) electrons. The monoisotopic (exact) mass is 181 g/mol. The standard InChI is InChI=1S/C10H15NO2/c1-4-13-9-6-5-8(7-11-9)10(2,3)12/h5-7,12H,4H2,1-3H3. The van der Waals surface area contributed by atoms with Gasteiger partial charge in [0.25, 0.3) is 0 Å². The van der Waals surface area contributed by atoms with E-state index in [2.05, 4.69) is 4.98 Å². The molecule has 0 spiro atoms. The molecule has 0 amide bonds. The predicted molar refractivity (Wildman–Crippen MR) is 50.7 cm³/mol. The van der Waals surface area contributed by atoms with Crippen LogP contribution in [0.1, 0.15) is 26.3 Å². The van der Waals surface area contributed by atoms with Gasteiger partial charge in [0, 0.05) is 17.8 Å². The van der Waals surface area contributed by atoms with E-state index in [4.69, 9.17) is 4.74 Å². The zero-order valence-electron chi connectivity index (χ0n) is 8.24. The maximum Gasteiger partial charge on any atom is 0.213 e. The van der Waals surface area contributed by atoms with Crippen molar-refractivity contribution in [1.82, 2.24) is 4.98 Å². The molecule has 1 rings (SSSR count). The van der Waals surface area contributed by atoms with Gasteiger partial charge < -0.3 is 9.84 Å². The van der Waals surface area contributed by atoms with Gasteiger partial charge in [-0.15, -0.1) is 0 Å². The Bertz CT molecular complexity index is 261. The Balaban J connectivity index is 2.81. The highest BCUT2D eigenvalue weighted by molar-refractivity contribution is 5.21. The minimum Gasteiger partial charge on any atom is -0.478 e. The molecular formula is C10H15NO2. The van der Waals surface area contributed by atoms with Gasteiger partial charge in [-0.3, -0.25) is 0 Å². The molecule has 0 unspecified atom stereocenters. The van der Waals surface area contributed by atoms with Crippen LogP contribution >= 0.6 is 0 Å². The highest BCUT2D eigenvalue weighted by atomic mass is 16.5. The van der Waals surface area contributed by atoms with Crippen LogP contribution in [-0.4, -0.2) is 16.7 Å². The lowest BCUT2D eigenvalue weighted by atomic mass is 10.0. The van der Waals surface area contributed by atoms with Gasteiger partial charge in [0.1, 0.15) is 0 Å². The van der Waals surface area contributed by atoms with E-state index in [1.165, 1.54) is 0 Å². The fourth-order valence-corrected chi connectivity index (χ4v) is 0.975.